The van der Waals surface area contributed by atoms with Crippen LogP contribution in [0.4, 0.5) is 4.39 Å². The maximum atomic E-state index is 14.0. The van der Waals surface area contributed by atoms with E-state index in [9.17, 15) is 28.0 Å². The van der Waals surface area contributed by atoms with E-state index in [0.29, 0.717) is 0 Å². The predicted molar refractivity (Wildman–Crippen MR) is 114 cm³/mol. The minimum absolute atomic E-state index is 0.0440. The Kier molecular flexibility index (Phi) is 6.91. The smallest absolute Gasteiger partial charge is 0.244 e. The van der Waals surface area contributed by atoms with Crippen molar-refractivity contribution in [3.63, 3.8) is 0 Å². The average molecular weight is 493 g/mol. The van der Waals surface area contributed by atoms with Crippen LogP contribution in [0.2, 0.25) is 5.02 Å². The molecule has 0 bridgehead atoms. The molecule has 1 amide bonds. The first-order chi connectivity index (χ1) is 15.5. The maximum absolute atomic E-state index is 14.0. The molecule has 1 saturated heterocycles. The third-order valence-corrected chi connectivity index (χ3v) is 7.35. The highest BCUT2D eigenvalue weighted by atomic mass is 35.5. The molecule has 0 aliphatic carbocycles. The van der Waals surface area contributed by atoms with Crippen molar-refractivity contribution < 1.29 is 27.4 Å². The number of amides is 1. The molecule has 0 spiro atoms. The van der Waals surface area contributed by atoms with E-state index in [1.165, 1.54) is 30.3 Å². The molecule has 1 fully saturated rings. The highest BCUT2D eigenvalue weighted by Crippen LogP contribution is 2.35. The van der Waals surface area contributed by atoms with Crippen molar-refractivity contribution in [2.24, 2.45) is 5.73 Å². The Morgan fingerprint density at radius 1 is 1.27 bits per heavy atom. The number of hydrogen-bond acceptors (Lipinski definition) is 7. The molecule has 1 aliphatic heterocycles. The molecular formula is C21H18ClFN4O5S. The van der Waals surface area contributed by atoms with Gasteiger partial charge < -0.3 is 15.6 Å². The van der Waals surface area contributed by atoms with Crippen LogP contribution in [0.1, 0.15) is 24.0 Å². The number of rotatable bonds is 7. The first-order valence-electron chi connectivity index (χ1n) is 9.57. The average Bonchev–Trinajstić information content (AvgIpc) is 3.09. The molecule has 0 radical (unpaired) electrons. The number of nitrogens with zero attached hydrogens (tertiary/aromatic N) is 3. The summed E-state index contributed by atoms with van der Waals surface area (Å²) in [7, 11) is -4.27. The first kappa shape index (κ1) is 24.4. The van der Waals surface area contributed by atoms with Crippen LogP contribution in [0.15, 0.2) is 41.3 Å². The van der Waals surface area contributed by atoms with Crippen molar-refractivity contribution in [1.29, 1.82) is 10.5 Å². The number of benzene rings is 2. The second-order valence-corrected chi connectivity index (χ2v) is 9.82. The van der Waals surface area contributed by atoms with Gasteiger partial charge in [-0.25, -0.2) is 12.8 Å². The van der Waals surface area contributed by atoms with E-state index in [4.69, 9.17) is 27.3 Å². The molecule has 2 aromatic carbocycles. The van der Waals surface area contributed by atoms with Crippen molar-refractivity contribution in [3.05, 3.63) is 58.4 Å². The lowest BCUT2D eigenvalue weighted by atomic mass is 9.94. The van der Waals surface area contributed by atoms with E-state index in [1.54, 1.807) is 12.1 Å². The zero-order valence-electron chi connectivity index (χ0n) is 17.0. The van der Waals surface area contributed by atoms with Crippen LogP contribution >= 0.6 is 11.6 Å². The van der Waals surface area contributed by atoms with Crippen molar-refractivity contribution in [1.82, 2.24) is 4.31 Å². The zero-order chi connectivity index (χ0) is 24.4. The molecule has 172 valence electrons. The van der Waals surface area contributed by atoms with Gasteiger partial charge in [0, 0.05) is 24.1 Å². The number of hydrogen-bond donors (Lipinski definition) is 2. The van der Waals surface area contributed by atoms with Gasteiger partial charge in [-0.15, -0.1) is 0 Å². The van der Waals surface area contributed by atoms with Gasteiger partial charge in [-0.3, -0.25) is 4.79 Å². The molecule has 9 nitrogen and oxygen atoms in total. The SMILES string of the molecule is N#Cc1ccc(O[C@H]2CN(S(=O)(=O)c3ccc(Cl)cc3C#N)C[C@]2(O)CCC(N)=O)cc1F. The summed E-state index contributed by atoms with van der Waals surface area (Å²) in [5, 5.41) is 29.6. The topological polar surface area (TPSA) is 158 Å². The summed E-state index contributed by atoms with van der Waals surface area (Å²) in [4.78, 5) is 11.0. The van der Waals surface area contributed by atoms with E-state index >= 15 is 0 Å². The van der Waals surface area contributed by atoms with Crippen LogP contribution in [0.25, 0.3) is 0 Å². The van der Waals surface area contributed by atoms with Crippen LogP contribution in [0, 0.1) is 28.5 Å². The largest absolute Gasteiger partial charge is 0.486 e. The summed E-state index contributed by atoms with van der Waals surface area (Å²) >= 11 is 5.86. The predicted octanol–water partition coefficient (Wildman–Crippen LogP) is 1.67. The molecule has 3 rings (SSSR count). The summed E-state index contributed by atoms with van der Waals surface area (Å²) in [6, 6.07) is 10.6. The van der Waals surface area contributed by atoms with Gasteiger partial charge in [0.05, 0.1) is 17.7 Å². The van der Waals surface area contributed by atoms with Gasteiger partial charge in [-0.1, -0.05) is 11.6 Å². The highest BCUT2D eigenvalue weighted by molar-refractivity contribution is 7.89. The molecule has 0 saturated carbocycles. The standard InChI is InChI=1S/C21H18ClFN4O5S/c22-15-2-4-18(14(7-15)10-25)33(30,31)27-11-19(21(29,12-27)6-5-20(26)28)32-16-3-1-13(9-24)17(23)8-16/h1-4,7-8,19,29H,5-6,11-12H2,(H2,26,28)/t19-,21+/m0/s1. The fraction of sp³-hybridized carbons (Fsp3) is 0.286. The van der Waals surface area contributed by atoms with Gasteiger partial charge in [-0.05, 0) is 36.8 Å². The summed E-state index contributed by atoms with van der Waals surface area (Å²) in [6.07, 6.45) is -1.67. The van der Waals surface area contributed by atoms with E-state index in [1.807, 2.05) is 0 Å². The Morgan fingerprint density at radius 3 is 2.58 bits per heavy atom. The van der Waals surface area contributed by atoms with Gasteiger partial charge >= 0.3 is 0 Å². The fourth-order valence-corrected chi connectivity index (χ4v) is 5.31. The molecule has 12 heteroatoms. The van der Waals surface area contributed by atoms with Gasteiger partial charge in [0.1, 0.15) is 40.3 Å². The number of β-amino-alcohol motifs (C(OH)–C–C–N with tert-alkyl or cyclic N) is 1. The Labute approximate surface area is 194 Å². The van der Waals surface area contributed by atoms with Crippen molar-refractivity contribution in [2.45, 2.75) is 29.4 Å². The summed E-state index contributed by atoms with van der Waals surface area (Å²) in [5.41, 5.74) is 2.96. The summed E-state index contributed by atoms with van der Waals surface area (Å²) < 4.78 is 47.1. The highest BCUT2D eigenvalue weighted by Gasteiger charge is 2.51. The van der Waals surface area contributed by atoms with E-state index < -0.39 is 40.0 Å². The van der Waals surface area contributed by atoms with Gasteiger partial charge in [0.25, 0.3) is 0 Å². The van der Waals surface area contributed by atoms with Gasteiger partial charge in [0.15, 0.2) is 0 Å². The number of aliphatic hydroxyl groups is 1. The second kappa shape index (κ2) is 9.33. The zero-order valence-corrected chi connectivity index (χ0v) is 18.6. The number of halogens is 2. The minimum atomic E-state index is -4.27. The molecule has 1 aliphatic rings. The maximum Gasteiger partial charge on any atom is 0.244 e. The lowest BCUT2D eigenvalue weighted by molar-refractivity contribution is -0.120. The Morgan fingerprint density at radius 2 is 1.97 bits per heavy atom. The van der Waals surface area contributed by atoms with Crippen LogP contribution in [-0.4, -0.2) is 48.5 Å². The van der Waals surface area contributed by atoms with Crippen LogP contribution in [0.3, 0.4) is 0 Å². The number of nitriles is 2. The lowest BCUT2D eigenvalue weighted by Crippen LogP contribution is -2.45. The van der Waals surface area contributed by atoms with Crippen molar-refractivity contribution >= 4 is 27.5 Å². The van der Waals surface area contributed by atoms with Crippen LogP contribution in [-0.2, 0) is 14.8 Å². The molecule has 2 atom stereocenters. The quantitative estimate of drug-likeness (QED) is 0.594. The Hall–Kier alpha value is -3.22. The number of nitrogens with two attached hydrogens (primary N) is 1. The summed E-state index contributed by atoms with van der Waals surface area (Å²) in [6.45, 7) is -0.813. The number of sulfonamides is 1. The second-order valence-electron chi connectivity index (χ2n) is 7.48. The Bertz CT molecular complexity index is 1290. The minimum Gasteiger partial charge on any atom is -0.486 e. The number of ether oxygens (including phenoxy) is 1. The van der Waals surface area contributed by atoms with E-state index in [-0.39, 0.29) is 46.2 Å². The molecule has 33 heavy (non-hydrogen) atoms. The fourth-order valence-electron chi connectivity index (χ4n) is 3.51. The van der Waals surface area contributed by atoms with Crippen LogP contribution in [0.5, 0.6) is 5.75 Å². The lowest BCUT2D eigenvalue weighted by Gasteiger charge is -2.29. The van der Waals surface area contributed by atoms with Gasteiger partial charge in [-0.2, -0.15) is 14.8 Å². The third-order valence-electron chi connectivity index (χ3n) is 5.24. The first-order valence-corrected chi connectivity index (χ1v) is 11.4. The number of primary amides is 1. The van der Waals surface area contributed by atoms with Gasteiger partial charge in [0.2, 0.25) is 15.9 Å². The molecule has 0 unspecified atom stereocenters. The van der Waals surface area contributed by atoms with E-state index in [0.717, 1.165) is 10.4 Å². The summed E-state index contributed by atoms with van der Waals surface area (Å²) in [5.74, 6) is -1.60. The molecule has 3 N–H and O–H groups in total. The molecule has 1 heterocycles. The van der Waals surface area contributed by atoms with E-state index in [2.05, 4.69) is 0 Å². The molecule has 0 aromatic heterocycles. The Balaban J connectivity index is 1.96. The van der Waals surface area contributed by atoms with Crippen LogP contribution < -0.4 is 10.5 Å². The third kappa shape index (κ3) is 5.07. The monoisotopic (exact) mass is 492 g/mol. The molecular weight excluding hydrogens is 475 g/mol. The number of carbonyl (C=O) groups is 1. The normalized spacial score (nSPS) is 20.7. The van der Waals surface area contributed by atoms with Crippen molar-refractivity contribution in [2.75, 3.05) is 13.1 Å². The van der Waals surface area contributed by atoms with Crippen molar-refractivity contribution in [3.8, 4) is 17.9 Å². The molecule has 2 aromatic rings. The number of carbonyl (C=O) groups excluding carboxylic acids is 1.